The summed E-state index contributed by atoms with van der Waals surface area (Å²) in [6, 6.07) is 0. The number of aromatic nitrogens is 4. The van der Waals surface area contributed by atoms with Crippen LogP contribution in [0.5, 0.6) is 0 Å². The van der Waals surface area contributed by atoms with Gasteiger partial charge in [0.25, 0.3) is 0 Å². The molecule has 0 bridgehead atoms. The third-order valence-electron chi connectivity index (χ3n) is 2.52. The van der Waals surface area contributed by atoms with E-state index in [1.54, 1.807) is 23.1 Å². The van der Waals surface area contributed by atoms with Gasteiger partial charge in [-0.3, -0.25) is 0 Å². The number of hydrogen-bond acceptors (Lipinski definition) is 6. The third kappa shape index (κ3) is 3.09. The highest BCUT2D eigenvalue weighted by Gasteiger charge is 2.09. The van der Waals surface area contributed by atoms with Crippen molar-refractivity contribution in [2.75, 3.05) is 0 Å². The van der Waals surface area contributed by atoms with Crippen LogP contribution in [-0.2, 0) is 25.8 Å². The topological polar surface area (TPSA) is 69.6 Å². The summed E-state index contributed by atoms with van der Waals surface area (Å²) in [5.41, 5.74) is 6.68. The van der Waals surface area contributed by atoms with E-state index < -0.39 is 0 Å². The number of thioether (sulfide) groups is 1. The lowest BCUT2D eigenvalue weighted by atomic mass is 10.3. The molecule has 98 valence electrons. The Morgan fingerprint density at radius 1 is 1.44 bits per heavy atom. The van der Waals surface area contributed by atoms with Crippen molar-refractivity contribution in [2.24, 2.45) is 12.8 Å². The second kappa shape index (κ2) is 6.31. The van der Waals surface area contributed by atoms with E-state index in [1.165, 1.54) is 5.01 Å². The molecule has 0 amide bonds. The Hall–Kier alpha value is -0.920. The second-order valence-electron chi connectivity index (χ2n) is 3.93. The summed E-state index contributed by atoms with van der Waals surface area (Å²) < 4.78 is 1.93. The quantitative estimate of drug-likeness (QED) is 0.821. The minimum Gasteiger partial charge on any atom is -0.324 e. The first-order valence-electron chi connectivity index (χ1n) is 5.89. The van der Waals surface area contributed by atoms with Crippen LogP contribution in [0.1, 0.15) is 29.9 Å². The zero-order valence-electron chi connectivity index (χ0n) is 10.6. The van der Waals surface area contributed by atoms with Crippen molar-refractivity contribution < 1.29 is 0 Å². The molecule has 0 aliphatic heterocycles. The molecule has 2 aromatic heterocycles. The summed E-state index contributed by atoms with van der Waals surface area (Å²) in [6.07, 6.45) is 2.21. The summed E-state index contributed by atoms with van der Waals surface area (Å²) in [5, 5.41) is 12.4. The maximum Gasteiger partial charge on any atom is 0.191 e. The molecule has 0 aliphatic carbocycles. The van der Waals surface area contributed by atoms with Crippen LogP contribution < -0.4 is 5.73 Å². The van der Waals surface area contributed by atoms with Gasteiger partial charge in [0.2, 0.25) is 0 Å². The fourth-order valence-corrected chi connectivity index (χ4v) is 3.36. The summed E-state index contributed by atoms with van der Waals surface area (Å²) >= 11 is 3.38. The van der Waals surface area contributed by atoms with Gasteiger partial charge in [-0.05, 0) is 12.8 Å². The average molecular weight is 283 g/mol. The Morgan fingerprint density at radius 3 is 2.94 bits per heavy atom. The van der Waals surface area contributed by atoms with Gasteiger partial charge in [0.05, 0.1) is 17.2 Å². The highest BCUT2D eigenvalue weighted by molar-refractivity contribution is 7.98. The monoisotopic (exact) mass is 283 g/mol. The van der Waals surface area contributed by atoms with Gasteiger partial charge in [-0.1, -0.05) is 18.7 Å². The fraction of sp³-hybridized carbons (Fsp3) is 0.545. The zero-order chi connectivity index (χ0) is 13.0. The van der Waals surface area contributed by atoms with E-state index in [2.05, 4.69) is 27.5 Å². The van der Waals surface area contributed by atoms with Crippen molar-refractivity contribution in [1.29, 1.82) is 0 Å². The van der Waals surface area contributed by atoms with Gasteiger partial charge in [-0.15, -0.1) is 21.5 Å². The largest absolute Gasteiger partial charge is 0.324 e. The van der Waals surface area contributed by atoms with E-state index >= 15 is 0 Å². The number of hydrogen-bond donors (Lipinski definition) is 1. The molecule has 0 aromatic carbocycles. The van der Waals surface area contributed by atoms with Gasteiger partial charge >= 0.3 is 0 Å². The normalized spacial score (nSPS) is 11.1. The lowest BCUT2D eigenvalue weighted by molar-refractivity contribution is 0.734. The maximum absolute atomic E-state index is 5.56. The molecule has 0 atom stereocenters. The molecule has 0 unspecified atom stereocenters. The Bertz CT molecular complexity index is 505. The second-order valence-corrected chi connectivity index (χ2v) is 5.82. The van der Waals surface area contributed by atoms with Crippen LogP contribution in [0.4, 0.5) is 0 Å². The van der Waals surface area contributed by atoms with Crippen molar-refractivity contribution in [3.8, 4) is 0 Å². The lowest BCUT2D eigenvalue weighted by Crippen LogP contribution is -2.05. The van der Waals surface area contributed by atoms with E-state index in [-0.39, 0.29) is 0 Å². The predicted octanol–water partition coefficient (Wildman–Crippen LogP) is 1.98. The van der Waals surface area contributed by atoms with Gasteiger partial charge in [-0.25, -0.2) is 4.98 Å². The number of thiazole rings is 1. The fourth-order valence-electron chi connectivity index (χ4n) is 1.53. The van der Waals surface area contributed by atoms with Crippen LogP contribution in [-0.4, -0.2) is 19.7 Å². The molecule has 0 saturated heterocycles. The standard InChI is InChI=1S/C11H17N5S2/c1-3-4-10-13-8(6-17-10)7-18-11-15-14-9(5-12)16(11)2/h6H,3-5,7,12H2,1-2H3. The van der Waals surface area contributed by atoms with E-state index in [1.807, 2.05) is 11.6 Å². The lowest BCUT2D eigenvalue weighted by Gasteiger charge is -2.00. The SMILES string of the molecule is CCCc1nc(CSc2nnc(CN)n2C)cs1. The molecular weight excluding hydrogens is 266 g/mol. The van der Waals surface area contributed by atoms with E-state index in [4.69, 9.17) is 5.73 Å². The molecule has 0 saturated carbocycles. The minimum absolute atomic E-state index is 0.418. The molecule has 0 aliphatic rings. The minimum atomic E-state index is 0.418. The summed E-state index contributed by atoms with van der Waals surface area (Å²) in [7, 11) is 1.94. The summed E-state index contributed by atoms with van der Waals surface area (Å²) in [6.45, 7) is 2.59. The highest BCUT2D eigenvalue weighted by atomic mass is 32.2. The van der Waals surface area contributed by atoms with E-state index in [0.29, 0.717) is 6.54 Å². The first kappa shape index (κ1) is 13.5. The van der Waals surface area contributed by atoms with Gasteiger partial charge in [0.1, 0.15) is 5.82 Å². The number of nitrogens with two attached hydrogens (primary N) is 1. The molecule has 0 radical (unpaired) electrons. The first-order chi connectivity index (χ1) is 8.74. The van der Waals surface area contributed by atoms with E-state index in [0.717, 1.165) is 35.3 Å². The van der Waals surface area contributed by atoms with Crippen LogP contribution in [0.25, 0.3) is 0 Å². The molecule has 0 fully saturated rings. The average Bonchev–Trinajstić information content (AvgIpc) is 2.94. The Morgan fingerprint density at radius 2 is 2.28 bits per heavy atom. The maximum atomic E-state index is 5.56. The van der Waals surface area contributed by atoms with Crippen molar-refractivity contribution >= 4 is 23.1 Å². The zero-order valence-corrected chi connectivity index (χ0v) is 12.2. The van der Waals surface area contributed by atoms with Crippen molar-refractivity contribution in [3.63, 3.8) is 0 Å². The molecule has 0 spiro atoms. The number of nitrogens with zero attached hydrogens (tertiary/aromatic N) is 4. The Kier molecular flexibility index (Phi) is 4.73. The van der Waals surface area contributed by atoms with Gasteiger partial charge in [0, 0.05) is 18.2 Å². The van der Waals surface area contributed by atoms with Crippen molar-refractivity contribution in [3.05, 3.63) is 21.9 Å². The van der Waals surface area contributed by atoms with Crippen LogP contribution in [0.15, 0.2) is 10.5 Å². The molecular formula is C11H17N5S2. The Balaban J connectivity index is 1.95. The van der Waals surface area contributed by atoms with Gasteiger partial charge in [0.15, 0.2) is 5.16 Å². The highest BCUT2D eigenvalue weighted by Crippen LogP contribution is 2.22. The molecule has 2 aromatic rings. The molecule has 2 heterocycles. The molecule has 18 heavy (non-hydrogen) atoms. The van der Waals surface area contributed by atoms with Crippen molar-refractivity contribution in [2.45, 2.75) is 37.2 Å². The Labute approximate surface area is 115 Å². The van der Waals surface area contributed by atoms with Crippen LogP contribution >= 0.6 is 23.1 Å². The number of rotatable bonds is 6. The molecule has 2 N–H and O–H groups in total. The van der Waals surface area contributed by atoms with Gasteiger partial charge < -0.3 is 10.3 Å². The molecule has 5 nitrogen and oxygen atoms in total. The van der Waals surface area contributed by atoms with Crippen LogP contribution in [0.2, 0.25) is 0 Å². The van der Waals surface area contributed by atoms with Crippen LogP contribution in [0, 0.1) is 0 Å². The third-order valence-corrected chi connectivity index (χ3v) is 4.53. The smallest absolute Gasteiger partial charge is 0.191 e. The number of aryl methyl sites for hydroxylation is 1. The van der Waals surface area contributed by atoms with Gasteiger partial charge in [-0.2, -0.15) is 0 Å². The van der Waals surface area contributed by atoms with Crippen LogP contribution in [0.3, 0.4) is 0 Å². The van der Waals surface area contributed by atoms with Crippen molar-refractivity contribution in [1.82, 2.24) is 19.7 Å². The molecule has 7 heteroatoms. The molecule has 2 rings (SSSR count). The summed E-state index contributed by atoms with van der Waals surface area (Å²) in [4.78, 5) is 4.59. The first-order valence-corrected chi connectivity index (χ1v) is 7.75. The predicted molar refractivity (Wildman–Crippen MR) is 74.6 cm³/mol. The van der Waals surface area contributed by atoms with E-state index in [9.17, 15) is 0 Å². The summed E-state index contributed by atoms with van der Waals surface area (Å²) in [5.74, 6) is 1.64.